The second kappa shape index (κ2) is 7.43. The lowest BCUT2D eigenvalue weighted by molar-refractivity contribution is 0.0951. The summed E-state index contributed by atoms with van der Waals surface area (Å²) in [7, 11) is 0. The van der Waals surface area contributed by atoms with Crippen LogP contribution in [0.4, 0.5) is 0 Å². The molecule has 1 amide bonds. The van der Waals surface area contributed by atoms with Crippen molar-refractivity contribution in [1.82, 2.24) is 10.3 Å². The third-order valence-electron chi connectivity index (χ3n) is 4.12. The van der Waals surface area contributed by atoms with Crippen LogP contribution >= 0.6 is 23.2 Å². The predicted octanol–water partition coefficient (Wildman–Crippen LogP) is 5.73. The second-order valence-corrected chi connectivity index (χ2v) is 6.83. The number of hydrogen-bond acceptors (Lipinski definition) is 3. The maximum atomic E-state index is 12.3. The van der Waals surface area contributed by atoms with E-state index in [2.05, 4.69) is 10.3 Å². The Morgan fingerprint density at radius 3 is 2.52 bits per heavy atom. The number of para-hydroxylation sites is 2. The van der Waals surface area contributed by atoms with Crippen molar-refractivity contribution in [2.24, 2.45) is 0 Å². The monoisotopic (exact) mass is 396 g/mol. The van der Waals surface area contributed by atoms with E-state index in [0.717, 1.165) is 22.2 Å². The first-order valence-electron chi connectivity index (χ1n) is 8.28. The number of aromatic nitrogens is 1. The minimum Gasteiger partial charge on any atom is -0.436 e. The summed E-state index contributed by atoms with van der Waals surface area (Å²) in [5.41, 5.74) is 3.80. The van der Waals surface area contributed by atoms with Gasteiger partial charge in [-0.1, -0.05) is 47.5 Å². The molecule has 0 fully saturated rings. The van der Waals surface area contributed by atoms with Crippen molar-refractivity contribution in [3.63, 3.8) is 0 Å². The molecule has 0 aliphatic rings. The minimum atomic E-state index is -0.250. The SMILES string of the molecule is O=C(NCc1ccc(-c2nc3ccccc3o2)cc1)c1ccc(Cl)cc1Cl. The minimum absolute atomic E-state index is 0.250. The molecule has 0 saturated heterocycles. The van der Waals surface area contributed by atoms with Crippen LogP contribution in [0.2, 0.25) is 10.0 Å². The molecule has 0 aliphatic carbocycles. The molecule has 1 aromatic heterocycles. The standard InChI is InChI=1S/C21H14Cl2N2O2/c22-15-9-10-16(17(23)11-15)20(26)24-12-13-5-7-14(8-6-13)21-25-18-3-1-2-4-19(18)27-21/h1-11H,12H2,(H,24,26). The highest BCUT2D eigenvalue weighted by atomic mass is 35.5. The Labute approximate surface area is 165 Å². The number of oxazole rings is 1. The number of benzene rings is 3. The Kier molecular flexibility index (Phi) is 4.84. The number of nitrogens with one attached hydrogen (secondary N) is 1. The van der Waals surface area contributed by atoms with Crippen LogP contribution in [0, 0.1) is 0 Å². The Morgan fingerprint density at radius 2 is 1.78 bits per heavy atom. The Bertz CT molecular complexity index is 1090. The molecule has 4 aromatic rings. The van der Waals surface area contributed by atoms with E-state index in [0.29, 0.717) is 28.0 Å². The van der Waals surface area contributed by atoms with Gasteiger partial charge in [-0.3, -0.25) is 4.79 Å². The Hall–Kier alpha value is -2.82. The van der Waals surface area contributed by atoms with E-state index in [1.807, 2.05) is 48.5 Å². The van der Waals surface area contributed by atoms with Crippen molar-refractivity contribution in [3.05, 3.63) is 87.9 Å². The summed E-state index contributed by atoms with van der Waals surface area (Å²) in [5.74, 6) is 0.319. The Balaban J connectivity index is 1.45. The predicted molar refractivity (Wildman–Crippen MR) is 107 cm³/mol. The largest absolute Gasteiger partial charge is 0.436 e. The van der Waals surface area contributed by atoms with Crippen molar-refractivity contribution in [2.75, 3.05) is 0 Å². The van der Waals surface area contributed by atoms with Crippen molar-refractivity contribution in [3.8, 4) is 11.5 Å². The number of nitrogens with zero attached hydrogens (tertiary/aromatic N) is 1. The molecule has 6 heteroatoms. The summed E-state index contributed by atoms with van der Waals surface area (Å²) in [6.07, 6.45) is 0. The average Bonchev–Trinajstić information content (AvgIpc) is 3.11. The van der Waals surface area contributed by atoms with Crippen LogP contribution < -0.4 is 5.32 Å². The van der Waals surface area contributed by atoms with Gasteiger partial charge in [0.25, 0.3) is 5.91 Å². The van der Waals surface area contributed by atoms with Crippen LogP contribution in [-0.4, -0.2) is 10.9 Å². The molecule has 27 heavy (non-hydrogen) atoms. The molecule has 0 aliphatic heterocycles. The molecule has 1 N–H and O–H groups in total. The third-order valence-corrected chi connectivity index (χ3v) is 4.67. The highest BCUT2D eigenvalue weighted by Crippen LogP contribution is 2.24. The molecule has 0 saturated carbocycles. The number of carbonyl (C=O) groups is 1. The van der Waals surface area contributed by atoms with Crippen LogP contribution in [0.3, 0.4) is 0 Å². The lowest BCUT2D eigenvalue weighted by Gasteiger charge is -2.07. The first-order valence-corrected chi connectivity index (χ1v) is 9.04. The highest BCUT2D eigenvalue weighted by Gasteiger charge is 2.11. The number of rotatable bonds is 4. The summed E-state index contributed by atoms with van der Waals surface area (Å²) in [6.45, 7) is 0.381. The number of halogens is 2. The average molecular weight is 397 g/mol. The third kappa shape index (κ3) is 3.82. The first-order chi connectivity index (χ1) is 13.1. The lowest BCUT2D eigenvalue weighted by atomic mass is 10.1. The summed E-state index contributed by atoms with van der Waals surface area (Å²) >= 11 is 11.9. The molecular weight excluding hydrogens is 383 g/mol. The van der Waals surface area contributed by atoms with Gasteiger partial charge < -0.3 is 9.73 Å². The number of amides is 1. The van der Waals surface area contributed by atoms with Crippen molar-refractivity contribution in [2.45, 2.75) is 6.54 Å². The molecule has 4 nitrogen and oxygen atoms in total. The topological polar surface area (TPSA) is 55.1 Å². The summed E-state index contributed by atoms with van der Waals surface area (Å²) in [4.78, 5) is 16.8. The van der Waals surface area contributed by atoms with Crippen LogP contribution in [0.1, 0.15) is 15.9 Å². The number of carbonyl (C=O) groups excluding carboxylic acids is 1. The van der Waals surface area contributed by atoms with Crippen molar-refractivity contribution >= 4 is 40.2 Å². The van der Waals surface area contributed by atoms with E-state index in [1.54, 1.807) is 18.2 Å². The fraction of sp³-hybridized carbons (Fsp3) is 0.0476. The molecule has 0 bridgehead atoms. The Morgan fingerprint density at radius 1 is 1.00 bits per heavy atom. The maximum Gasteiger partial charge on any atom is 0.253 e. The van der Waals surface area contributed by atoms with Gasteiger partial charge in [-0.25, -0.2) is 4.98 Å². The van der Waals surface area contributed by atoms with Crippen molar-refractivity contribution < 1.29 is 9.21 Å². The zero-order valence-corrected chi connectivity index (χ0v) is 15.6. The van der Waals surface area contributed by atoms with E-state index in [9.17, 15) is 4.79 Å². The van der Waals surface area contributed by atoms with Gasteiger partial charge in [0.1, 0.15) is 5.52 Å². The van der Waals surface area contributed by atoms with Crippen LogP contribution in [0.15, 0.2) is 71.1 Å². The quantitative estimate of drug-likeness (QED) is 0.478. The molecule has 1 heterocycles. The highest BCUT2D eigenvalue weighted by molar-refractivity contribution is 6.36. The number of hydrogen-bond donors (Lipinski definition) is 1. The molecule has 0 atom stereocenters. The van der Waals surface area contributed by atoms with Crippen LogP contribution in [0.25, 0.3) is 22.6 Å². The van der Waals surface area contributed by atoms with Crippen LogP contribution in [0.5, 0.6) is 0 Å². The fourth-order valence-electron chi connectivity index (χ4n) is 2.71. The molecular formula is C21H14Cl2N2O2. The van der Waals surface area contributed by atoms with Gasteiger partial charge in [0.2, 0.25) is 5.89 Å². The zero-order chi connectivity index (χ0) is 18.8. The van der Waals surface area contributed by atoms with Gasteiger partial charge in [0, 0.05) is 17.1 Å². The van der Waals surface area contributed by atoms with Gasteiger partial charge >= 0.3 is 0 Å². The van der Waals surface area contributed by atoms with Crippen LogP contribution in [-0.2, 0) is 6.54 Å². The normalized spacial score (nSPS) is 10.9. The summed E-state index contributed by atoms with van der Waals surface area (Å²) in [5, 5.41) is 3.67. The van der Waals surface area contributed by atoms with Gasteiger partial charge in [0.05, 0.1) is 10.6 Å². The van der Waals surface area contributed by atoms with Gasteiger partial charge in [-0.15, -0.1) is 0 Å². The molecule has 0 unspecified atom stereocenters. The number of fused-ring (bicyclic) bond motifs is 1. The van der Waals surface area contributed by atoms with E-state index in [1.165, 1.54) is 0 Å². The first kappa shape index (κ1) is 17.6. The maximum absolute atomic E-state index is 12.3. The van der Waals surface area contributed by atoms with E-state index >= 15 is 0 Å². The molecule has 134 valence electrons. The molecule has 3 aromatic carbocycles. The van der Waals surface area contributed by atoms with Gasteiger partial charge in [0.15, 0.2) is 5.58 Å². The summed E-state index contributed by atoms with van der Waals surface area (Å²) in [6, 6.07) is 20.1. The molecule has 0 radical (unpaired) electrons. The van der Waals surface area contributed by atoms with Gasteiger partial charge in [-0.05, 0) is 48.0 Å². The van der Waals surface area contributed by atoms with E-state index in [4.69, 9.17) is 27.6 Å². The second-order valence-electron chi connectivity index (χ2n) is 5.99. The molecule has 4 rings (SSSR count). The van der Waals surface area contributed by atoms with E-state index in [-0.39, 0.29) is 5.91 Å². The van der Waals surface area contributed by atoms with E-state index < -0.39 is 0 Å². The summed E-state index contributed by atoms with van der Waals surface area (Å²) < 4.78 is 5.77. The smallest absolute Gasteiger partial charge is 0.253 e. The molecule has 0 spiro atoms. The van der Waals surface area contributed by atoms with Gasteiger partial charge in [-0.2, -0.15) is 0 Å². The lowest BCUT2D eigenvalue weighted by Crippen LogP contribution is -2.23. The van der Waals surface area contributed by atoms with Crippen molar-refractivity contribution in [1.29, 1.82) is 0 Å². The fourth-order valence-corrected chi connectivity index (χ4v) is 3.21. The zero-order valence-electron chi connectivity index (χ0n) is 14.1.